The van der Waals surface area contributed by atoms with Gasteiger partial charge in [-0.25, -0.2) is 9.97 Å². The van der Waals surface area contributed by atoms with E-state index in [0.717, 1.165) is 5.69 Å². The number of benzene rings is 1. The van der Waals surface area contributed by atoms with Gasteiger partial charge >= 0.3 is 0 Å². The molecule has 0 amide bonds. The van der Waals surface area contributed by atoms with Crippen LogP contribution in [0.3, 0.4) is 0 Å². The van der Waals surface area contributed by atoms with Gasteiger partial charge in [-0.2, -0.15) is 0 Å². The molecule has 0 aliphatic rings. The first kappa shape index (κ1) is 13.2. The molecule has 3 rings (SSSR count). The highest BCUT2D eigenvalue weighted by Gasteiger charge is 2.15. The van der Waals surface area contributed by atoms with Crippen molar-refractivity contribution in [1.82, 2.24) is 19.1 Å². The number of hydrogen-bond acceptors (Lipinski definition) is 4. The number of aryl methyl sites for hydroxylation is 1. The minimum Gasteiger partial charge on any atom is -0.318 e. The minimum atomic E-state index is -0.178. The van der Waals surface area contributed by atoms with Gasteiger partial charge in [0, 0.05) is 12.1 Å². The van der Waals surface area contributed by atoms with Crippen LogP contribution >= 0.6 is 23.4 Å². The molecule has 7 heteroatoms. The van der Waals surface area contributed by atoms with E-state index in [2.05, 4.69) is 9.97 Å². The van der Waals surface area contributed by atoms with E-state index in [4.69, 9.17) is 11.6 Å². The summed E-state index contributed by atoms with van der Waals surface area (Å²) >= 11 is 7.30. The van der Waals surface area contributed by atoms with Gasteiger partial charge in [-0.05, 0) is 30.5 Å². The van der Waals surface area contributed by atoms with Gasteiger partial charge < -0.3 is 4.57 Å². The second kappa shape index (κ2) is 4.96. The lowest BCUT2D eigenvalue weighted by molar-refractivity contribution is 0.804. The minimum absolute atomic E-state index is 0.178. The van der Waals surface area contributed by atoms with Gasteiger partial charge in [-0.15, -0.1) is 0 Å². The maximum absolute atomic E-state index is 12.6. The van der Waals surface area contributed by atoms with Crippen LogP contribution in [0.25, 0.3) is 16.9 Å². The fourth-order valence-corrected chi connectivity index (χ4v) is 2.67. The third-order valence-electron chi connectivity index (χ3n) is 2.97. The Kier molecular flexibility index (Phi) is 3.27. The number of imidazole rings is 1. The Morgan fingerprint density at radius 1 is 1.25 bits per heavy atom. The molecule has 0 saturated carbocycles. The van der Waals surface area contributed by atoms with E-state index < -0.39 is 0 Å². The highest BCUT2D eigenvalue weighted by molar-refractivity contribution is 7.98. The monoisotopic (exact) mass is 306 g/mol. The molecule has 0 radical (unpaired) electrons. The summed E-state index contributed by atoms with van der Waals surface area (Å²) in [5.41, 5.74) is 1.50. The summed E-state index contributed by atoms with van der Waals surface area (Å²) in [5, 5.41) is 1.24. The zero-order valence-electron chi connectivity index (χ0n) is 10.9. The first-order chi connectivity index (χ1) is 9.61. The van der Waals surface area contributed by atoms with Crippen LogP contribution in [0.5, 0.6) is 0 Å². The summed E-state index contributed by atoms with van der Waals surface area (Å²) in [5.74, 6) is 0. The standard InChI is InChI=1S/C13H11ClN4OS/c1-17-7-15-10-11(17)16-13(20-2)18(12(10)19)9-5-3-8(14)4-6-9/h3-7H,1-2H3. The Balaban J connectivity index is 2.36. The largest absolute Gasteiger partial charge is 0.318 e. The highest BCUT2D eigenvalue weighted by atomic mass is 35.5. The first-order valence-corrected chi connectivity index (χ1v) is 7.46. The number of rotatable bonds is 2. The van der Waals surface area contributed by atoms with Crippen LogP contribution < -0.4 is 5.56 Å². The van der Waals surface area contributed by atoms with Crippen molar-refractivity contribution in [2.24, 2.45) is 7.05 Å². The van der Waals surface area contributed by atoms with E-state index in [1.165, 1.54) is 11.8 Å². The van der Waals surface area contributed by atoms with E-state index in [-0.39, 0.29) is 5.56 Å². The van der Waals surface area contributed by atoms with E-state index in [1.54, 1.807) is 39.7 Å². The van der Waals surface area contributed by atoms with Crippen molar-refractivity contribution in [3.05, 3.63) is 46.0 Å². The summed E-state index contributed by atoms with van der Waals surface area (Å²) in [6, 6.07) is 7.08. The second-order valence-electron chi connectivity index (χ2n) is 4.24. The predicted octanol–water partition coefficient (Wildman–Crippen LogP) is 2.49. The third kappa shape index (κ3) is 2.01. The van der Waals surface area contributed by atoms with E-state index >= 15 is 0 Å². The molecule has 2 heterocycles. The van der Waals surface area contributed by atoms with Gasteiger partial charge in [0.25, 0.3) is 5.56 Å². The van der Waals surface area contributed by atoms with Crippen LogP contribution in [-0.4, -0.2) is 25.4 Å². The Labute approximate surface area is 124 Å². The number of aromatic nitrogens is 4. The van der Waals surface area contributed by atoms with E-state index in [1.807, 2.05) is 13.3 Å². The third-order valence-corrected chi connectivity index (χ3v) is 3.86. The zero-order valence-corrected chi connectivity index (χ0v) is 12.4. The van der Waals surface area contributed by atoms with Crippen molar-refractivity contribution in [2.45, 2.75) is 5.16 Å². The Morgan fingerprint density at radius 3 is 2.60 bits per heavy atom. The molecule has 20 heavy (non-hydrogen) atoms. The van der Waals surface area contributed by atoms with Crippen LogP contribution in [0, 0.1) is 0 Å². The average molecular weight is 307 g/mol. The van der Waals surface area contributed by atoms with Gasteiger partial charge in [0.15, 0.2) is 16.3 Å². The Hall–Kier alpha value is -1.79. The summed E-state index contributed by atoms with van der Waals surface area (Å²) in [6.45, 7) is 0. The van der Waals surface area contributed by atoms with Gasteiger partial charge in [-0.1, -0.05) is 23.4 Å². The normalized spacial score (nSPS) is 11.2. The molecule has 0 aliphatic carbocycles. The molecule has 2 aromatic heterocycles. The highest BCUT2D eigenvalue weighted by Crippen LogP contribution is 2.19. The van der Waals surface area contributed by atoms with Crippen molar-refractivity contribution in [3.8, 4) is 5.69 Å². The molecule has 0 saturated heterocycles. The molecule has 0 N–H and O–H groups in total. The van der Waals surface area contributed by atoms with Gasteiger partial charge in [0.2, 0.25) is 0 Å². The fraction of sp³-hybridized carbons (Fsp3) is 0.154. The van der Waals surface area contributed by atoms with Crippen molar-refractivity contribution in [2.75, 3.05) is 6.26 Å². The number of halogens is 1. The average Bonchev–Trinajstić information content (AvgIpc) is 2.82. The van der Waals surface area contributed by atoms with Crippen LogP contribution in [-0.2, 0) is 7.05 Å². The van der Waals surface area contributed by atoms with E-state index in [9.17, 15) is 4.79 Å². The number of thioether (sulfide) groups is 1. The predicted molar refractivity (Wildman–Crippen MR) is 80.9 cm³/mol. The molecule has 5 nitrogen and oxygen atoms in total. The van der Waals surface area contributed by atoms with Gasteiger partial charge in [-0.3, -0.25) is 9.36 Å². The van der Waals surface area contributed by atoms with Crippen LogP contribution in [0.4, 0.5) is 0 Å². The maximum atomic E-state index is 12.6. The molecule has 0 fully saturated rings. The molecule has 102 valence electrons. The molecule has 3 aromatic rings. The van der Waals surface area contributed by atoms with Crippen molar-refractivity contribution in [3.63, 3.8) is 0 Å². The number of nitrogens with zero attached hydrogens (tertiary/aromatic N) is 4. The van der Waals surface area contributed by atoms with Crippen molar-refractivity contribution in [1.29, 1.82) is 0 Å². The second-order valence-corrected chi connectivity index (χ2v) is 5.45. The molecular weight excluding hydrogens is 296 g/mol. The van der Waals surface area contributed by atoms with Crippen LogP contribution in [0.15, 0.2) is 40.5 Å². The smallest absolute Gasteiger partial charge is 0.286 e. The number of fused-ring (bicyclic) bond motifs is 1. The quantitative estimate of drug-likeness (QED) is 0.539. The summed E-state index contributed by atoms with van der Waals surface area (Å²) in [6.07, 6.45) is 3.48. The molecule has 0 aliphatic heterocycles. The lowest BCUT2D eigenvalue weighted by Gasteiger charge is -2.10. The van der Waals surface area contributed by atoms with E-state index in [0.29, 0.717) is 21.3 Å². The maximum Gasteiger partial charge on any atom is 0.286 e. The first-order valence-electron chi connectivity index (χ1n) is 5.86. The molecule has 0 spiro atoms. The zero-order chi connectivity index (χ0) is 14.3. The SMILES string of the molecule is CSc1nc2c(ncn2C)c(=O)n1-c1ccc(Cl)cc1. The summed E-state index contributed by atoms with van der Waals surface area (Å²) in [7, 11) is 1.82. The van der Waals surface area contributed by atoms with Gasteiger partial charge in [0.1, 0.15) is 0 Å². The lowest BCUT2D eigenvalue weighted by Crippen LogP contribution is -2.22. The Morgan fingerprint density at radius 2 is 1.95 bits per heavy atom. The van der Waals surface area contributed by atoms with Gasteiger partial charge in [0.05, 0.1) is 12.0 Å². The molecule has 0 atom stereocenters. The summed E-state index contributed by atoms with van der Waals surface area (Å²) < 4.78 is 3.29. The van der Waals surface area contributed by atoms with Crippen molar-refractivity contribution < 1.29 is 0 Å². The molecule has 1 aromatic carbocycles. The Bertz CT molecular complexity index is 838. The van der Waals surface area contributed by atoms with Crippen molar-refractivity contribution >= 4 is 34.5 Å². The number of hydrogen-bond donors (Lipinski definition) is 0. The van der Waals surface area contributed by atoms with Crippen LogP contribution in [0.2, 0.25) is 5.02 Å². The van der Waals surface area contributed by atoms with Crippen LogP contribution in [0.1, 0.15) is 0 Å². The molecular formula is C13H11ClN4OS. The molecule has 0 unspecified atom stereocenters. The fourth-order valence-electron chi connectivity index (χ4n) is 1.99. The topological polar surface area (TPSA) is 52.7 Å². The lowest BCUT2D eigenvalue weighted by atomic mass is 10.3. The summed E-state index contributed by atoms with van der Waals surface area (Å²) in [4.78, 5) is 21.2. The molecule has 0 bridgehead atoms.